The molecule has 0 aliphatic carbocycles. The molecule has 3 rings (SSSR count). The largest absolute Gasteiger partial charge is 0.467 e. The van der Waals surface area contributed by atoms with Crippen LogP contribution < -0.4 is 21.3 Å². The number of esters is 1. The molecule has 12 heteroatoms. The van der Waals surface area contributed by atoms with E-state index in [-0.39, 0.29) is 24.9 Å². The zero-order valence-corrected chi connectivity index (χ0v) is 33.8. The van der Waals surface area contributed by atoms with E-state index in [0.717, 1.165) is 41.5 Å². The van der Waals surface area contributed by atoms with E-state index >= 15 is 0 Å². The summed E-state index contributed by atoms with van der Waals surface area (Å²) in [7, 11) is 1.26. The molecule has 56 heavy (non-hydrogen) atoms. The van der Waals surface area contributed by atoms with Gasteiger partial charge in [-0.05, 0) is 99.5 Å². The Morgan fingerprint density at radius 2 is 1.23 bits per heavy atom. The molecule has 12 nitrogen and oxygen atoms in total. The van der Waals surface area contributed by atoms with Gasteiger partial charge in [-0.3, -0.25) is 9.59 Å². The smallest absolute Gasteiger partial charge is 0.407 e. The number of rotatable bonds is 21. The number of alkyl carbamates (subject to hydrolysis) is 2. The molecule has 0 fully saturated rings. The van der Waals surface area contributed by atoms with Crippen LogP contribution >= 0.6 is 0 Å². The monoisotopic (exact) mass is 772 g/mol. The average molecular weight is 773 g/mol. The van der Waals surface area contributed by atoms with Crippen molar-refractivity contribution in [2.75, 3.05) is 20.2 Å². The molecule has 0 spiro atoms. The molecule has 0 radical (unpaired) electrons. The molecule has 4 amide bonds. The highest BCUT2D eigenvalue weighted by molar-refractivity contribution is 5.91. The Morgan fingerprint density at radius 3 is 1.80 bits per heavy atom. The fraction of sp³-hybridized carbons (Fsp3) is 0.477. The number of methoxy groups -OCH3 is 1. The highest BCUT2D eigenvalue weighted by atomic mass is 16.6. The Balaban J connectivity index is 1.38. The van der Waals surface area contributed by atoms with Gasteiger partial charge in [0.05, 0.1) is 7.11 Å². The third kappa shape index (κ3) is 17.4. The lowest BCUT2D eigenvalue weighted by Crippen LogP contribution is -2.53. The van der Waals surface area contributed by atoms with E-state index in [1.165, 1.54) is 12.7 Å². The van der Waals surface area contributed by atoms with Crippen LogP contribution in [0.1, 0.15) is 89.8 Å². The highest BCUT2D eigenvalue weighted by Gasteiger charge is 2.29. The third-order valence-corrected chi connectivity index (χ3v) is 8.91. The highest BCUT2D eigenvalue weighted by Crippen LogP contribution is 2.22. The van der Waals surface area contributed by atoms with Crippen LogP contribution in [0.2, 0.25) is 0 Å². The lowest BCUT2D eigenvalue weighted by Gasteiger charge is -2.24. The van der Waals surface area contributed by atoms with E-state index in [0.29, 0.717) is 38.8 Å². The number of benzene rings is 3. The van der Waals surface area contributed by atoms with Crippen molar-refractivity contribution in [1.82, 2.24) is 21.3 Å². The fourth-order valence-corrected chi connectivity index (χ4v) is 5.82. The van der Waals surface area contributed by atoms with Gasteiger partial charge in [0, 0.05) is 19.5 Å². The summed E-state index contributed by atoms with van der Waals surface area (Å²) in [4.78, 5) is 62.5. The van der Waals surface area contributed by atoms with E-state index in [1.54, 1.807) is 20.8 Å². The van der Waals surface area contributed by atoms with Crippen molar-refractivity contribution >= 4 is 30.0 Å². The van der Waals surface area contributed by atoms with Crippen LogP contribution in [0.4, 0.5) is 9.59 Å². The van der Waals surface area contributed by atoms with Gasteiger partial charge in [0.1, 0.15) is 24.3 Å². The first-order valence-corrected chi connectivity index (χ1v) is 19.5. The molecule has 0 bridgehead atoms. The summed E-state index contributed by atoms with van der Waals surface area (Å²) in [6, 6.07) is 24.4. The average Bonchev–Trinajstić information content (AvgIpc) is 3.17. The van der Waals surface area contributed by atoms with Crippen LogP contribution in [0.25, 0.3) is 11.1 Å². The molecule has 0 aromatic heterocycles. The second-order valence-electron chi connectivity index (χ2n) is 15.1. The minimum Gasteiger partial charge on any atom is -0.467 e. The van der Waals surface area contributed by atoms with E-state index in [2.05, 4.69) is 45.5 Å². The van der Waals surface area contributed by atoms with Crippen molar-refractivity contribution in [1.29, 1.82) is 0 Å². The minimum absolute atomic E-state index is 0.194. The van der Waals surface area contributed by atoms with Crippen molar-refractivity contribution in [3.05, 3.63) is 95.6 Å². The maximum atomic E-state index is 13.3. The summed E-state index contributed by atoms with van der Waals surface area (Å²) < 4.78 is 15.4. The summed E-state index contributed by atoms with van der Waals surface area (Å²) in [5.41, 5.74) is 4.74. The van der Waals surface area contributed by atoms with Crippen molar-refractivity contribution in [3.63, 3.8) is 0 Å². The number of aryl methyl sites for hydroxylation is 2. The molecule has 0 heterocycles. The molecule has 2 atom stereocenters. The molecule has 3 aromatic carbocycles. The first-order chi connectivity index (χ1) is 26.7. The third-order valence-electron chi connectivity index (χ3n) is 8.91. The maximum absolute atomic E-state index is 13.3. The standard InChI is InChI=1S/C44H60N4O8/c1-31(2)39(40(50)47-37(41(51)54-6)17-11-13-29-46-43(53)56-44(3,4)5)48-38(49)27-22-33-20-25-36(26-21-33)35-23-18-32(19-24-35)14-10-12-28-45-42(52)55-30-34-15-8-7-9-16-34/h7-9,15-16,18-21,23-26,31,37,39H,10-14,17,22,27-30H2,1-6H3,(H,45,52)(H,46,53)(H,47,50)(H,48,49)/t37-,39-/m0/s1. The Labute approximate surface area is 331 Å². The van der Waals surface area contributed by atoms with Crippen molar-refractivity contribution in [2.45, 2.75) is 110 Å². The van der Waals surface area contributed by atoms with E-state index < -0.39 is 41.7 Å². The van der Waals surface area contributed by atoms with Crippen LogP contribution in [-0.4, -0.2) is 67.9 Å². The van der Waals surface area contributed by atoms with Crippen LogP contribution in [0, 0.1) is 5.92 Å². The zero-order chi connectivity index (χ0) is 40.9. The molecular weight excluding hydrogens is 713 g/mol. The molecule has 4 N–H and O–H groups in total. The lowest BCUT2D eigenvalue weighted by molar-refractivity contribution is -0.145. The molecule has 0 unspecified atom stereocenters. The van der Waals surface area contributed by atoms with Gasteiger partial charge in [0.2, 0.25) is 11.8 Å². The summed E-state index contributed by atoms with van der Waals surface area (Å²) >= 11 is 0. The van der Waals surface area contributed by atoms with Gasteiger partial charge >= 0.3 is 18.2 Å². The summed E-state index contributed by atoms with van der Waals surface area (Å²) in [6.45, 7) is 10.2. The molecule has 0 saturated heterocycles. The summed E-state index contributed by atoms with van der Waals surface area (Å²) in [6.07, 6.45) is 3.88. The van der Waals surface area contributed by atoms with E-state index in [4.69, 9.17) is 14.2 Å². The Morgan fingerprint density at radius 1 is 0.661 bits per heavy atom. The Hall–Kier alpha value is -5.39. The second kappa shape index (κ2) is 23.5. The summed E-state index contributed by atoms with van der Waals surface area (Å²) in [5, 5.41) is 11.1. The fourth-order valence-electron chi connectivity index (χ4n) is 5.82. The lowest BCUT2D eigenvalue weighted by atomic mass is 9.99. The molecule has 304 valence electrons. The quantitative estimate of drug-likeness (QED) is 0.0510. The Bertz CT molecular complexity index is 1670. The molecule has 0 aliphatic heterocycles. The van der Waals surface area contributed by atoms with Gasteiger partial charge in [0.15, 0.2) is 0 Å². The SMILES string of the molecule is COC(=O)[C@H](CCCCNC(=O)OC(C)(C)C)NC(=O)[C@@H](NC(=O)CCc1ccc(-c2ccc(CCCCNC(=O)OCc3ccccc3)cc2)cc1)C(C)C. The maximum Gasteiger partial charge on any atom is 0.407 e. The predicted octanol–water partition coefficient (Wildman–Crippen LogP) is 7.03. The number of hydrogen-bond acceptors (Lipinski definition) is 8. The zero-order valence-electron chi connectivity index (χ0n) is 33.8. The van der Waals surface area contributed by atoms with Gasteiger partial charge in [-0.2, -0.15) is 0 Å². The van der Waals surface area contributed by atoms with E-state index in [1.807, 2.05) is 68.4 Å². The van der Waals surface area contributed by atoms with Gasteiger partial charge in [-0.1, -0.05) is 92.7 Å². The molecule has 0 aliphatic rings. The molecule has 0 saturated carbocycles. The number of carbonyl (C=O) groups excluding carboxylic acids is 5. The van der Waals surface area contributed by atoms with Crippen molar-refractivity contribution in [3.8, 4) is 11.1 Å². The molecule has 3 aromatic rings. The van der Waals surface area contributed by atoms with Gasteiger partial charge in [-0.25, -0.2) is 14.4 Å². The topological polar surface area (TPSA) is 161 Å². The number of ether oxygens (including phenoxy) is 3. The predicted molar refractivity (Wildman–Crippen MR) is 217 cm³/mol. The van der Waals surface area contributed by atoms with Crippen LogP contribution in [0.3, 0.4) is 0 Å². The van der Waals surface area contributed by atoms with E-state index in [9.17, 15) is 24.0 Å². The van der Waals surface area contributed by atoms with Gasteiger partial charge in [-0.15, -0.1) is 0 Å². The number of carbonyl (C=O) groups is 5. The van der Waals surface area contributed by atoms with Crippen molar-refractivity contribution in [2.24, 2.45) is 5.92 Å². The van der Waals surface area contributed by atoms with Crippen LogP contribution in [0.15, 0.2) is 78.9 Å². The van der Waals surface area contributed by atoms with Crippen LogP contribution in [0.5, 0.6) is 0 Å². The number of amides is 4. The first-order valence-electron chi connectivity index (χ1n) is 19.5. The second-order valence-corrected chi connectivity index (χ2v) is 15.1. The Kier molecular flexibility index (Phi) is 18.9. The van der Waals surface area contributed by atoms with Gasteiger partial charge < -0.3 is 35.5 Å². The number of nitrogens with one attached hydrogen (secondary N) is 4. The minimum atomic E-state index is -0.890. The first kappa shape index (κ1) is 45.0. The van der Waals surface area contributed by atoms with Gasteiger partial charge in [0.25, 0.3) is 0 Å². The van der Waals surface area contributed by atoms with Crippen molar-refractivity contribution < 1.29 is 38.2 Å². The number of unbranched alkanes of at least 4 members (excludes halogenated alkanes) is 2. The summed E-state index contributed by atoms with van der Waals surface area (Å²) in [5.74, 6) is -1.52. The normalized spacial score (nSPS) is 12.2. The van der Waals surface area contributed by atoms with Crippen LogP contribution in [-0.2, 0) is 48.0 Å². The number of hydrogen-bond donors (Lipinski definition) is 4. The molecular formula is C44H60N4O8.